The van der Waals surface area contributed by atoms with Crippen LogP contribution in [0.5, 0.6) is 0 Å². The number of hydrogen-bond donors (Lipinski definition) is 0. The van der Waals surface area contributed by atoms with Crippen molar-refractivity contribution in [2.45, 2.75) is 75.2 Å². The molecule has 0 aromatic heterocycles. The Morgan fingerprint density at radius 2 is 1.18 bits per heavy atom. The summed E-state index contributed by atoms with van der Waals surface area (Å²) >= 11 is 0. The topological polar surface area (TPSA) is 0 Å². The summed E-state index contributed by atoms with van der Waals surface area (Å²) in [5, 5.41) is 0. The van der Waals surface area contributed by atoms with Crippen LogP contribution in [-0.2, 0) is 0 Å². The van der Waals surface area contributed by atoms with Gasteiger partial charge in [-0.3, -0.25) is 0 Å². The first-order valence-corrected chi connectivity index (χ1v) is 7.60. The third-order valence-corrected chi connectivity index (χ3v) is 5.40. The Balaban J connectivity index is 4.50. The van der Waals surface area contributed by atoms with E-state index in [1.54, 1.807) is 0 Å². The summed E-state index contributed by atoms with van der Waals surface area (Å²) in [6.07, 6.45) is 2.75. The van der Waals surface area contributed by atoms with Gasteiger partial charge in [-0.1, -0.05) is 75.2 Å². The van der Waals surface area contributed by atoms with Crippen molar-refractivity contribution in [2.75, 3.05) is 0 Å². The summed E-state index contributed by atoms with van der Waals surface area (Å²) in [6.45, 7) is 21.7. The Labute approximate surface area is 111 Å². The van der Waals surface area contributed by atoms with Crippen molar-refractivity contribution < 1.29 is 0 Å². The molecular weight excluding hydrogens is 204 g/mol. The van der Waals surface area contributed by atoms with Crippen molar-refractivity contribution in [3.05, 3.63) is 0 Å². The first-order valence-electron chi connectivity index (χ1n) is 7.60. The van der Waals surface area contributed by atoms with Crippen LogP contribution in [0.4, 0.5) is 0 Å². The maximum atomic E-state index is 2.47. The van der Waals surface area contributed by atoms with E-state index in [1.165, 1.54) is 12.8 Å². The maximum absolute atomic E-state index is 2.47. The van der Waals surface area contributed by atoms with Gasteiger partial charge in [0, 0.05) is 0 Å². The molecule has 0 spiro atoms. The molecule has 104 valence electrons. The fraction of sp³-hybridized carbons (Fsp3) is 1.00. The van der Waals surface area contributed by atoms with Gasteiger partial charge in [0.25, 0.3) is 0 Å². The van der Waals surface area contributed by atoms with Gasteiger partial charge in [0.05, 0.1) is 0 Å². The zero-order valence-corrected chi connectivity index (χ0v) is 13.8. The predicted molar refractivity (Wildman–Crippen MR) is 80.2 cm³/mol. The highest BCUT2D eigenvalue weighted by molar-refractivity contribution is 4.84. The number of hydrogen-bond acceptors (Lipinski definition) is 0. The highest BCUT2D eigenvalue weighted by atomic mass is 14.4. The Hall–Kier alpha value is 0. The van der Waals surface area contributed by atoms with Crippen LogP contribution in [0.25, 0.3) is 0 Å². The van der Waals surface area contributed by atoms with Crippen LogP contribution in [0, 0.1) is 35.0 Å². The lowest BCUT2D eigenvalue weighted by Crippen LogP contribution is -2.35. The quantitative estimate of drug-likeness (QED) is 0.511. The lowest BCUT2D eigenvalue weighted by atomic mass is 9.63. The molecule has 0 rings (SSSR count). The summed E-state index contributed by atoms with van der Waals surface area (Å²) in [5.41, 5.74) is 0.449. The van der Waals surface area contributed by atoms with E-state index in [-0.39, 0.29) is 0 Å². The molecule has 0 fully saturated rings. The van der Waals surface area contributed by atoms with E-state index < -0.39 is 0 Å². The summed E-state index contributed by atoms with van der Waals surface area (Å²) in [6, 6.07) is 0. The molecule has 0 bridgehead atoms. The van der Waals surface area contributed by atoms with E-state index in [2.05, 4.69) is 62.3 Å². The minimum Gasteiger partial charge on any atom is -0.0628 e. The van der Waals surface area contributed by atoms with E-state index >= 15 is 0 Å². The van der Waals surface area contributed by atoms with Crippen molar-refractivity contribution in [1.29, 1.82) is 0 Å². The maximum Gasteiger partial charge on any atom is -0.0298 e. The lowest BCUT2D eigenvalue weighted by molar-refractivity contribution is 0.0635. The van der Waals surface area contributed by atoms with Gasteiger partial charge >= 0.3 is 0 Å². The highest BCUT2D eigenvalue weighted by Gasteiger charge is 2.35. The van der Waals surface area contributed by atoms with Crippen LogP contribution in [0.3, 0.4) is 0 Å². The van der Waals surface area contributed by atoms with Gasteiger partial charge in [0.1, 0.15) is 0 Å². The van der Waals surface area contributed by atoms with Gasteiger partial charge < -0.3 is 0 Å². The minimum absolute atomic E-state index is 0.449. The molecule has 0 aliphatic heterocycles. The zero-order chi connectivity index (χ0) is 13.8. The van der Waals surface area contributed by atoms with Crippen LogP contribution in [-0.4, -0.2) is 0 Å². The fourth-order valence-corrected chi connectivity index (χ4v) is 2.85. The summed E-state index contributed by atoms with van der Waals surface area (Å²) in [4.78, 5) is 0. The van der Waals surface area contributed by atoms with Crippen LogP contribution in [0.2, 0.25) is 0 Å². The van der Waals surface area contributed by atoms with Crippen LogP contribution in [0.15, 0.2) is 0 Å². The van der Waals surface area contributed by atoms with Gasteiger partial charge in [0.2, 0.25) is 0 Å². The van der Waals surface area contributed by atoms with Gasteiger partial charge in [-0.15, -0.1) is 0 Å². The molecular formula is C17H36. The minimum atomic E-state index is 0.449. The van der Waals surface area contributed by atoms with Crippen molar-refractivity contribution >= 4 is 0 Å². The van der Waals surface area contributed by atoms with Gasteiger partial charge in [0.15, 0.2) is 0 Å². The predicted octanol–water partition coefficient (Wildman–Crippen LogP) is 6.01. The molecule has 0 aromatic carbocycles. The zero-order valence-electron chi connectivity index (χ0n) is 13.8. The van der Waals surface area contributed by atoms with Gasteiger partial charge in [-0.2, -0.15) is 0 Å². The van der Waals surface area contributed by atoms with Gasteiger partial charge in [-0.05, 0) is 35.0 Å². The van der Waals surface area contributed by atoms with E-state index in [1.807, 2.05) is 0 Å². The molecule has 0 saturated carbocycles. The highest BCUT2D eigenvalue weighted by Crippen LogP contribution is 2.43. The fourth-order valence-electron chi connectivity index (χ4n) is 2.85. The molecule has 0 N–H and O–H groups in total. The first-order chi connectivity index (χ1) is 7.60. The van der Waals surface area contributed by atoms with Gasteiger partial charge in [-0.25, -0.2) is 0 Å². The number of rotatable bonds is 7. The molecule has 17 heavy (non-hydrogen) atoms. The molecule has 0 heterocycles. The average molecular weight is 240 g/mol. The molecule has 3 atom stereocenters. The van der Waals surface area contributed by atoms with E-state index in [0.29, 0.717) is 5.41 Å². The molecule has 0 heteroatoms. The van der Waals surface area contributed by atoms with E-state index in [4.69, 9.17) is 0 Å². The summed E-state index contributed by atoms with van der Waals surface area (Å²) in [5.74, 6) is 4.06. The largest absolute Gasteiger partial charge is 0.0628 e. The monoisotopic (exact) mass is 240 g/mol. The standard InChI is InChI=1S/C17H36/c1-12(2)10-11-14(5)16(7)17(8,9)15(6)13(3)4/h12-16H,10-11H2,1-9H3. The van der Waals surface area contributed by atoms with Crippen molar-refractivity contribution in [3.63, 3.8) is 0 Å². The Kier molecular flexibility index (Phi) is 6.81. The molecule has 0 aromatic rings. The van der Waals surface area contributed by atoms with Crippen LogP contribution >= 0.6 is 0 Å². The summed E-state index contributed by atoms with van der Waals surface area (Å²) < 4.78 is 0. The van der Waals surface area contributed by atoms with Crippen molar-refractivity contribution in [2.24, 2.45) is 35.0 Å². The molecule has 0 radical (unpaired) electrons. The third-order valence-electron chi connectivity index (χ3n) is 5.40. The summed E-state index contributed by atoms with van der Waals surface area (Å²) in [7, 11) is 0. The Bertz CT molecular complexity index is 200. The second-order valence-corrected chi connectivity index (χ2v) is 7.59. The van der Waals surface area contributed by atoms with Crippen LogP contribution < -0.4 is 0 Å². The molecule has 0 saturated heterocycles. The average Bonchev–Trinajstić information content (AvgIpc) is 2.23. The molecule has 0 aliphatic carbocycles. The smallest absolute Gasteiger partial charge is 0.0298 e. The van der Waals surface area contributed by atoms with E-state index in [0.717, 1.165) is 29.6 Å². The second kappa shape index (κ2) is 6.81. The van der Waals surface area contributed by atoms with Crippen molar-refractivity contribution in [3.8, 4) is 0 Å². The molecule has 0 nitrogen and oxygen atoms in total. The lowest BCUT2D eigenvalue weighted by Gasteiger charge is -2.43. The SMILES string of the molecule is CC(C)CCC(C)C(C)C(C)(C)C(C)C(C)C. The Morgan fingerprint density at radius 1 is 0.706 bits per heavy atom. The Morgan fingerprint density at radius 3 is 1.53 bits per heavy atom. The first kappa shape index (κ1) is 17.0. The molecule has 0 amide bonds. The van der Waals surface area contributed by atoms with E-state index in [9.17, 15) is 0 Å². The molecule has 0 aliphatic rings. The second-order valence-electron chi connectivity index (χ2n) is 7.59. The normalized spacial score (nSPS) is 18.5. The van der Waals surface area contributed by atoms with Crippen LogP contribution in [0.1, 0.15) is 75.2 Å². The molecule has 3 unspecified atom stereocenters. The van der Waals surface area contributed by atoms with Crippen molar-refractivity contribution in [1.82, 2.24) is 0 Å². The third kappa shape index (κ3) is 5.02.